The second-order valence-electron chi connectivity index (χ2n) is 10.0. The summed E-state index contributed by atoms with van der Waals surface area (Å²) in [5.74, 6) is 2.14. The highest BCUT2D eigenvalue weighted by atomic mass is 16.5. The van der Waals surface area contributed by atoms with Crippen LogP contribution in [0.15, 0.2) is 31.4 Å². The molecule has 0 aromatic heterocycles. The van der Waals surface area contributed by atoms with Crippen LogP contribution >= 0.6 is 0 Å². The monoisotopic (exact) mass is 444 g/mol. The minimum Gasteiger partial charge on any atom is -0.497 e. The van der Waals surface area contributed by atoms with Crippen molar-refractivity contribution in [3.63, 3.8) is 0 Å². The molecule has 4 nitrogen and oxygen atoms in total. The van der Waals surface area contributed by atoms with Gasteiger partial charge in [-0.1, -0.05) is 39.7 Å². The summed E-state index contributed by atoms with van der Waals surface area (Å²) in [6.07, 6.45) is 9.59. The molecular formula is C28H44O4. The predicted molar refractivity (Wildman–Crippen MR) is 133 cm³/mol. The molecule has 0 aliphatic heterocycles. The van der Waals surface area contributed by atoms with Gasteiger partial charge in [0.2, 0.25) is 0 Å². The SMILES string of the molecule is C=C.CCC(C)(C)C(=O)O.CCC1C(c2ccc(OC)cc2C=O)CCC2(C)CCCC12. The average molecular weight is 445 g/mol. The first-order valence-electron chi connectivity index (χ1n) is 12.0. The molecule has 1 N–H and O–H groups in total. The quantitative estimate of drug-likeness (QED) is 0.364. The Hall–Kier alpha value is -2.10. The van der Waals surface area contributed by atoms with Gasteiger partial charge in [-0.15, -0.1) is 13.2 Å². The summed E-state index contributed by atoms with van der Waals surface area (Å²) < 4.78 is 5.28. The van der Waals surface area contributed by atoms with Crippen LogP contribution < -0.4 is 4.74 Å². The van der Waals surface area contributed by atoms with Crippen LogP contribution in [0.2, 0.25) is 0 Å². The van der Waals surface area contributed by atoms with Gasteiger partial charge in [0.1, 0.15) is 12.0 Å². The number of methoxy groups -OCH3 is 1. The molecule has 1 aromatic carbocycles. The Morgan fingerprint density at radius 3 is 2.38 bits per heavy atom. The molecule has 0 radical (unpaired) electrons. The van der Waals surface area contributed by atoms with Gasteiger partial charge in [-0.05, 0) is 86.8 Å². The third kappa shape index (κ3) is 6.24. The molecule has 3 rings (SSSR count). The summed E-state index contributed by atoms with van der Waals surface area (Å²) in [7, 11) is 1.66. The largest absolute Gasteiger partial charge is 0.497 e. The number of benzene rings is 1. The molecule has 2 aliphatic carbocycles. The lowest BCUT2D eigenvalue weighted by atomic mass is 9.58. The van der Waals surface area contributed by atoms with Crippen molar-refractivity contribution in [1.29, 1.82) is 0 Å². The van der Waals surface area contributed by atoms with Crippen LogP contribution in [0.4, 0.5) is 0 Å². The van der Waals surface area contributed by atoms with Gasteiger partial charge in [-0.2, -0.15) is 0 Å². The van der Waals surface area contributed by atoms with Gasteiger partial charge in [0.15, 0.2) is 0 Å². The molecule has 4 atom stereocenters. The number of hydrogen-bond donors (Lipinski definition) is 1. The zero-order chi connectivity index (χ0) is 24.5. The van der Waals surface area contributed by atoms with Gasteiger partial charge < -0.3 is 9.84 Å². The summed E-state index contributed by atoms with van der Waals surface area (Å²) in [5, 5.41) is 8.44. The highest BCUT2D eigenvalue weighted by Gasteiger charge is 2.48. The molecule has 4 unspecified atom stereocenters. The maximum Gasteiger partial charge on any atom is 0.309 e. The van der Waals surface area contributed by atoms with Crippen molar-refractivity contribution in [1.82, 2.24) is 0 Å². The number of carboxylic acid groups (broad SMARTS) is 1. The van der Waals surface area contributed by atoms with E-state index in [-0.39, 0.29) is 0 Å². The first-order chi connectivity index (χ1) is 15.1. The van der Waals surface area contributed by atoms with E-state index < -0.39 is 11.4 Å². The number of carboxylic acids is 1. The highest BCUT2D eigenvalue weighted by molar-refractivity contribution is 5.78. The molecule has 0 spiro atoms. The van der Waals surface area contributed by atoms with Crippen molar-refractivity contribution in [2.45, 2.75) is 85.5 Å². The minimum atomic E-state index is -0.722. The van der Waals surface area contributed by atoms with E-state index in [1.54, 1.807) is 21.0 Å². The number of aliphatic carboxylic acids is 1. The fourth-order valence-corrected chi connectivity index (χ4v) is 5.51. The maximum atomic E-state index is 11.6. The average Bonchev–Trinajstić information content (AvgIpc) is 3.21. The van der Waals surface area contributed by atoms with Crippen LogP contribution in [0.3, 0.4) is 0 Å². The van der Waals surface area contributed by atoms with Gasteiger partial charge in [0.25, 0.3) is 0 Å². The Kier molecular flexibility index (Phi) is 10.7. The molecule has 32 heavy (non-hydrogen) atoms. The lowest BCUT2D eigenvalue weighted by molar-refractivity contribution is -0.147. The third-order valence-electron chi connectivity index (χ3n) is 7.97. The zero-order valence-corrected chi connectivity index (χ0v) is 21.1. The number of rotatable bonds is 6. The van der Waals surface area contributed by atoms with Crippen molar-refractivity contribution in [2.24, 2.45) is 22.7 Å². The van der Waals surface area contributed by atoms with E-state index in [0.29, 0.717) is 23.7 Å². The number of carbonyl (C=O) groups excluding carboxylic acids is 1. The first kappa shape index (κ1) is 27.9. The lowest BCUT2D eigenvalue weighted by Gasteiger charge is -2.47. The minimum absolute atomic E-state index is 0.535. The van der Waals surface area contributed by atoms with Crippen LogP contribution in [0, 0.1) is 22.7 Å². The molecule has 0 bridgehead atoms. The molecule has 180 valence electrons. The first-order valence-corrected chi connectivity index (χ1v) is 12.0. The van der Waals surface area contributed by atoms with Crippen molar-refractivity contribution in [2.75, 3.05) is 7.11 Å². The standard InChI is InChI=1S/C20H28O2.C6H12O2.C2H4/c1-4-16-18(9-11-20(2)10-5-6-19(16)20)17-8-7-15(22-3)12-14(17)13-21;1-4-6(2,3)5(7)8;1-2/h7-8,12-13,16,18-19H,4-6,9-11H2,1-3H3;4H2,1-3H3,(H,7,8);1-2H2. The van der Waals surface area contributed by atoms with E-state index in [1.165, 1.54) is 44.1 Å². The molecule has 1 aromatic rings. The van der Waals surface area contributed by atoms with Crippen LogP contribution in [0.5, 0.6) is 5.75 Å². The Labute approximate surface area is 195 Å². The molecular weight excluding hydrogens is 400 g/mol. The Morgan fingerprint density at radius 2 is 1.91 bits per heavy atom. The molecule has 2 aliphatic rings. The maximum absolute atomic E-state index is 11.6. The van der Waals surface area contributed by atoms with Crippen molar-refractivity contribution < 1.29 is 19.4 Å². The van der Waals surface area contributed by atoms with E-state index in [4.69, 9.17) is 9.84 Å². The Balaban J connectivity index is 0.000000436. The fraction of sp³-hybridized carbons (Fsp3) is 0.643. The van der Waals surface area contributed by atoms with E-state index in [1.807, 2.05) is 19.1 Å². The number of fused-ring (bicyclic) bond motifs is 1. The fourth-order valence-electron chi connectivity index (χ4n) is 5.51. The number of hydrogen-bond acceptors (Lipinski definition) is 3. The van der Waals surface area contributed by atoms with E-state index in [2.05, 4.69) is 33.1 Å². The summed E-state index contributed by atoms with van der Waals surface area (Å²) in [6, 6.07) is 6.04. The Morgan fingerprint density at radius 1 is 1.25 bits per heavy atom. The normalized spacial score (nSPS) is 26.5. The van der Waals surface area contributed by atoms with E-state index in [0.717, 1.165) is 23.5 Å². The predicted octanol–water partition coefficient (Wildman–Crippen LogP) is 7.53. The molecule has 2 saturated carbocycles. The van der Waals surface area contributed by atoms with Gasteiger partial charge in [0.05, 0.1) is 12.5 Å². The number of ether oxygens (including phenoxy) is 1. The van der Waals surface area contributed by atoms with Gasteiger partial charge in [-0.3, -0.25) is 9.59 Å². The van der Waals surface area contributed by atoms with Crippen LogP contribution in [0.25, 0.3) is 0 Å². The third-order valence-corrected chi connectivity index (χ3v) is 7.97. The lowest BCUT2D eigenvalue weighted by Crippen LogP contribution is -2.37. The van der Waals surface area contributed by atoms with E-state index >= 15 is 0 Å². The van der Waals surface area contributed by atoms with Gasteiger partial charge in [-0.25, -0.2) is 0 Å². The van der Waals surface area contributed by atoms with Crippen LogP contribution in [0.1, 0.15) is 101 Å². The van der Waals surface area contributed by atoms with Crippen molar-refractivity contribution in [3.05, 3.63) is 42.5 Å². The summed E-state index contributed by atoms with van der Waals surface area (Å²) in [5.41, 5.74) is 2.08. The number of aldehydes is 1. The molecule has 0 amide bonds. The smallest absolute Gasteiger partial charge is 0.309 e. The van der Waals surface area contributed by atoms with Gasteiger partial charge in [0, 0.05) is 5.56 Å². The summed E-state index contributed by atoms with van der Waals surface area (Å²) >= 11 is 0. The Bertz CT molecular complexity index is 754. The zero-order valence-electron chi connectivity index (χ0n) is 21.1. The highest BCUT2D eigenvalue weighted by Crippen LogP contribution is 2.59. The van der Waals surface area contributed by atoms with Crippen molar-refractivity contribution in [3.8, 4) is 5.75 Å². The second-order valence-corrected chi connectivity index (χ2v) is 10.0. The summed E-state index contributed by atoms with van der Waals surface area (Å²) in [4.78, 5) is 21.8. The van der Waals surface area contributed by atoms with Crippen molar-refractivity contribution >= 4 is 12.3 Å². The molecule has 0 saturated heterocycles. The summed E-state index contributed by atoms with van der Waals surface area (Å²) in [6.45, 7) is 16.1. The van der Waals surface area contributed by atoms with Crippen LogP contribution in [-0.4, -0.2) is 24.5 Å². The molecule has 0 heterocycles. The van der Waals surface area contributed by atoms with E-state index in [9.17, 15) is 9.59 Å². The molecule has 4 heteroatoms. The second kappa shape index (κ2) is 12.2. The van der Waals surface area contributed by atoms with Gasteiger partial charge >= 0.3 is 5.97 Å². The van der Waals surface area contributed by atoms with Crippen LogP contribution in [-0.2, 0) is 4.79 Å². The topological polar surface area (TPSA) is 63.6 Å². The number of carbonyl (C=O) groups is 2. The molecule has 2 fully saturated rings.